The van der Waals surface area contributed by atoms with Gasteiger partial charge in [0.15, 0.2) is 0 Å². The molecule has 1 amide bonds. The Morgan fingerprint density at radius 3 is 2.70 bits per heavy atom. The van der Waals surface area contributed by atoms with E-state index in [1.807, 2.05) is 17.5 Å². The minimum absolute atomic E-state index is 0.116. The monoisotopic (exact) mass is 327 g/mol. The van der Waals surface area contributed by atoms with Crippen molar-refractivity contribution in [1.82, 2.24) is 4.98 Å². The van der Waals surface area contributed by atoms with Crippen molar-refractivity contribution in [3.8, 4) is 0 Å². The quantitative estimate of drug-likeness (QED) is 0.738. The first kappa shape index (κ1) is 15.2. The van der Waals surface area contributed by atoms with Crippen molar-refractivity contribution in [2.45, 2.75) is 6.42 Å². The Bertz CT molecular complexity index is 788. The second-order valence-corrected chi connectivity index (χ2v) is 5.87. The van der Waals surface area contributed by atoms with Gasteiger partial charge in [0, 0.05) is 4.88 Å². The third-order valence-corrected chi connectivity index (χ3v) is 3.98. The van der Waals surface area contributed by atoms with Gasteiger partial charge in [-0.1, -0.05) is 18.2 Å². The van der Waals surface area contributed by atoms with Crippen LogP contribution in [0.15, 0.2) is 60.1 Å². The van der Waals surface area contributed by atoms with Crippen LogP contribution >= 0.6 is 11.3 Å². The van der Waals surface area contributed by atoms with Crippen LogP contribution in [0.1, 0.15) is 4.88 Å². The lowest BCUT2D eigenvalue weighted by Gasteiger charge is -2.08. The highest BCUT2D eigenvalue weighted by atomic mass is 32.1. The average Bonchev–Trinajstić information content (AvgIpc) is 3.04. The molecule has 6 heteroatoms. The molecule has 0 bridgehead atoms. The molecule has 0 aliphatic carbocycles. The summed E-state index contributed by atoms with van der Waals surface area (Å²) < 4.78 is 13.6. The van der Waals surface area contributed by atoms with Crippen molar-refractivity contribution < 1.29 is 9.18 Å². The Labute approximate surface area is 137 Å². The van der Waals surface area contributed by atoms with E-state index in [4.69, 9.17) is 0 Å². The molecule has 1 aromatic carbocycles. The summed E-state index contributed by atoms with van der Waals surface area (Å²) in [7, 11) is 0. The molecule has 4 nitrogen and oxygen atoms in total. The fourth-order valence-electron chi connectivity index (χ4n) is 2.02. The standard InChI is InChI=1S/C17H14FN3OS/c18-14-5-1-2-6-15(14)20-12-7-8-16(19-11-12)21-17(22)10-13-4-3-9-23-13/h1-9,11,20H,10H2,(H,19,21,22). The maximum atomic E-state index is 13.6. The van der Waals surface area contributed by atoms with E-state index in [0.29, 0.717) is 23.6 Å². The molecule has 2 heterocycles. The third-order valence-electron chi connectivity index (χ3n) is 3.10. The van der Waals surface area contributed by atoms with Gasteiger partial charge in [0.25, 0.3) is 0 Å². The van der Waals surface area contributed by atoms with Crippen molar-refractivity contribution in [3.63, 3.8) is 0 Å². The molecular formula is C17H14FN3OS. The number of para-hydroxylation sites is 1. The summed E-state index contributed by atoms with van der Waals surface area (Å²) in [6, 6.07) is 13.6. The Morgan fingerprint density at radius 1 is 1.13 bits per heavy atom. The van der Waals surface area contributed by atoms with Crippen molar-refractivity contribution in [1.29, 1.82) is 0 Å². The van der Waals surface area contributed by atoms with Gasteiger partial charge in [-0.3, -0.25) is 4.79 Å². The van der Waals surface area contributed by atoms with Crippen LogP contribution in [0, 0.1) is 5.82 Å². The molecule has 2 aromatic heterocycles. The number of aromatic nitrogens is 1. The largest absolute Gasteiger partial charge is 0.352 e. The fraction of sp³-hybridized carbons (Fsp3) is 0.0588. The number of carbonyl (C=O) groups is 1. The number of amides is 1. The maximum Gasteiger partial charge on any atom is 0.230 e. The van der Waals surface area contributed by atoms with Crippen molar-refractivity contribution in [3.05, 3.63) is 70.8 Å². The first-order valence-corrected chi connectivity index (χ1v) is 7.88. The molecule has 3 rings (SSSR count). The van der Waals surface area contributed by atoms with Gasteiger partial charge in [-0.2, -0.15) is 0 Å². The topological polar surface area (TPSA) is 54.0 Å². The number of nitrogens with one attached hydrogen (secondary N) is 2. The van der Waals surface area contributed by atoms with E-state index >= 15 is 0 Å². The van der Waals surface area contributed by atoms with Gasteiger partial charge in [0.1, 0.15) is 11.6 Å². The zero-order chi connectivity index (χ0) is 16.1. The lowest BCUT2D eigenvalue weighted by atomic mass is 10.3. The highest BCUT2D eigenvalue weighted by Crippen LogP contribution is 2.19. The number of halogens is 1. The highest BCUT2D eigenvalue weighted by Gasteiger charge is 2.06. The SMILES string of the molecule is O=C(Cc1cccs1)Nc1ccc(Nc2ccccc2F)cn1. The van der Waals surface area contributed by atoms with Gasteiger partial charge < -0.3 is 10.6 Å². The lowest BCUT2D eigenvalue weighted by Crippen LogP contribution is -2.14. The number of carbonyl (C=O) groups excluding carboxylic acids is 1. The summed E-state index contributed by atoms with van der Waals surface area (Å²) >= 11 is 1.54. The van der Waals surface area contributed by atoms with Crippen molar-refractivity contribution in [2.75, 3.05) is 10.6 Å². The molecule has 0 saturated heterocycles. The van der Waals surface area contributed by atoms with Crippen LogP contribution in [0.4, 0.5) is 21.6 Å². The first-order valence-electron chi connectivity index (χ1n) is 7.00. The minimum Gasteiger partial charge on any atom is -0.352 e. The second-order valence-electron chi connectivity index (χ2n) is 4.84. The summed E-state index contributed by atoms with van der Waals surface area (Å²) in [5.74, 6) is 0.0150. The van der Waals surface area contributed by atoms with E-state index in [-0.39, 0.29) is 11.7 Å². The number of rotatable bonds is 5. The van der Waals surface area contributed by atoms with Crippen LogP contribution in [-0.4, -0.2) is 10.9 Å². The van der Waals surface area contributed by atoms with Crippen LogP contribution in [0.2, 0.25) is 0 Å². The maximum absolute atomic E-state index is 13.6. The summed E-state index contributed by atoms with van der Waals surface area (Å²) in [4.78, 5) is 17.1. The zero-order valence-corrected chi connectivity index (χ0v) is 12.9. The second kappa shape index (κ2) is 7.02. The molecule has 116 valence electrons. The average molecular weight is 327 g/mol. The zero-order valence-electron chi connectivity index (χ0n) is 12.1. The summed E-state index contributed by atoms with van der Waals surface area (Å²) in [6.45, 7) is 0. The number of hydrogen-bond donors (Lipinski definition) is 2. The number of nitrogens with zero attached hydrogens (tertiary/aromatic N) is 1. The Hall–Kier alpha value is -2.73. The van der Waals surface area contributed by atoms with E-state index in [1.54, 1.807) is 47.9 Å². The minimum atomic E-state index is -0.333. The first-order chi connectivity index (χ1) is 11.2. The van der Waals surface area contributed by atoms with Crippen LogP contribution in [0.25, 0.3) is 0 Å². The summed E-state index contributed by atoms with van der Waals surface area (Å²) in [5.41, 5.74) is 1.02. The third kappa shape index (κ3) is 4.14. The van der Waals surface area contributed by atoms with Crippen molar-refractivity contribution in [2.24, 2.45) is 0 Å². The van der Waals surface area contributed by atoms with Gasteiger partial charge >= 0.3 is 0 Å². The number of hydrogen-bond acceptors (Lipinski definition) is 4. The smallest absolute Gasteiger partial charge is 0.230 e. The van der Waals surface area contributed by atoms with Crippen LogP contribution in [0.3, 0.4) is 0 Å². The number of benzene rings is 1. The molecule has 2 N–H and O–H groups in total. The van der Waals surface area contributed by atoms with Gasteiger partial charge in [0.2, 0.25) is 5.91 Å². The highest BCUT2D eigenvalue weighted by molar-refractivity contribution is 7.10. The van der Waals surface area contributed by atoms with E-state index < -0.39 is 0 Å². The molecule has 0 fully saturated rings. The molecule has 0 spiro atoms. The number of thiophene rings is 1. The van der Waals surface area contributed by atoms with Gasteiger partial charge in [0.05, 0.1) is 24.0 Å². The Balaban J connectivity index is 1.61. The predicted molar refractivity (Wildman–Crippen MR) is 90.6 cm³/mol. The van der Waals surface area contributed by atoms with E-state index in [0.717, 1.165) is 4.88 Å². The molecule has 0 aliphatic heterocycles. The van der Waals surface area contributed by atoms with Gasteiger partial charge in [-0.25, -0.2) is 9.37 Å². The Morgan fingerprint density at radius 2 is 2.00 bits per heavy atom. The van der Waals surface area contributed by atoms with Crippen LogP contribution < -0.4 is 10.6 Å². The fourth-order valence-corrected chi connectivity index (χ4v) is 2.72. The summed E-state index contributed by atoms with van der Waals surface area (Å²) in [5, 5.41) is 7.61. The van der Waals surface area contributed by atoms with E-state index in [1.165, 1.54) is 6.07 Å². The van der Waals surface area contributed by atoms with Gasteiger partial charge in [-0.15, -0.1) is 11.3 Å². The van der Waals surface area contributed by atoms with E-state index in [9.17, 15) is 9.18 Å². The molecule has 3 aromatic rings. The molecule has 0 aliphatic rings. The number of anilines is 3. The van der Waals surface area contributed by atoms with Crippen molar-refractivity contribution >= 4 is 34.4 Å². The molecule has 0 atom stereocenters. The predicted octanol–water partition coefficient (Wildman–Crippen LogP) is 4.21. The summed E-state index contributed by atoms with van der Waals surface area (Å²) in [6.07, 6.45) is 1.88. The van der Waals surface area contributed by atoms with Crippen LogP contribution in [-0.2, 0) is 11.2 Å². The molecular weight excluding hydrogens is 313 g/mol. The van der Waals surface area contributed by atoms with Crippen LogP contribution in [0.5, 0.6) is 0 Å². The van der Waals surface area contributed by atoms with E-state index in [2.05, 4.69) is 15.6 Å². The normalized spacial score (nSPS) is 10.3. The number of pyridine rings is 1. The molecule has 0 unspecified atom stereocenters. The Kier molecular flexibility index (Phi) is 4.63. The lowest BCUT2D eigenvalue weighted by molar-refractivity contribution is -0.115. The molecule has 0 radical (unpaired) electrons. The van der Waals surface area contributed by atoms with Gasteiger partial charge in [-0.05, 0) is 35.7 Å². The molecule has 0 saturated carbocycles. The molecule has 23 heavy (non-hydrogen) atoms.